The largest absolute Gasteiger partial charge is 0.381 e. The van der Waals surface area contributed by atoms with E-state index < -0.39 is 10.0 Å². The molecule has 25 heavy (non-hydrogen) atoms. The van der Waals surface area contributed by atoms with Crippen molar-refractivity contribution in [3.05, 3.63) is 59.1 Å². The standard InChI is InChI=1S/C19H23ClN2O2S/c1-15-10-12-22(13-11-15)25(23,24)19-8-6-18(7-9-19)21-14-16-2-4-17(20)5-3-16/h2-9,15,21H,10-14H2,1H3. The normalized spacial score (nSPS) is 16.7. The van der Waals surface area contributed by atoms with Crippen LogP contribution in [-0.2, 0) is 16.6 Å². The Bertz CT molecular complexity index is 796. The maximum atomic E-state index is 12.7. The summed E-state index contributed by atoms with van der Waals surface area (Å²) >= 11 is 5.88. The van der Waals surface area contributed by atoms with E-state index in [4.69, 9.17) is 11.6 Å². The van der Waals surface area contributed by atoms with Crippen molar-refractivity contribution in [3.63, 3.8) is 0 Å². The van der Waals surface area contributed by atoms with Crippen LogP contribution < -0.4 is 5.32 Å². The minimum Gasteiger partial charge on any atom is -0.381 e. The molecule has 1 fully saturated rings. The number of anilines is 1. The Kier molecular flexibility index (Phi) is 5.67. The van der Waals surface area contributed by atoms with Crippen LogP contribution in [0.4, 0.5) is 5.69 Å². The van der Waals surface area contributed by atoms with Gasteiger partial charge in [-0.2, -0.15) is 4.31 Å². The smallest absolute Gasteiger partial charge is 0.243 e. The second-order valence-corrected chi connectivity index (χ2v) is 8.97. The molecule has 0 spiro atoms. The van der Waals surface area contributed by atoms with Gasteiger partial charge in [0.1, 0.15) is 0 Å². The summed E-state index contributed by atoms with van der Waals surface area (Å²) in [6, 6.07) is 14.6. The van der Waals surface area contributed by atoms with E-state index in [-0.39, 0.29) is 0 Å². The molecule has 1 heterocycles. The molecule has 0 saturated carbocycles. The van der Waals surface area contributed by atoms with Gasteiger partial charge in [-0.15, -0.1) is 0 Å². The minimum absolute atomic E-state index is 0.360. The van der Waals surface area contributed by atoms with E-state index >= 15 is 0 Å². The molecule has 1 saturated heterocycles. The van der Waals surface area contributed by atoms with Gasteiger partial charge in [-0.25, -0.2) is 8.42 Å². The van der Waals surface area contributed by atoms with Gasteiger partial charge in [-0.3, -0.25) is 0 Å². The van der Waals surface area contributed by atoms with Crippen molar-refractivity contribution in [2.45, 2.75) is 31.2 Å². The summed E-state index contributed by atoms with van der Waals surface area (Å²) < 4.78 is 27.0. The van der Waals surface area contributed by atoms with E-state index in [0.29, 0.717) is 35.5 Å². The molecule has 6 heteroatoms. The Balaban J connectivity index is 1.64. The van der Waals surface area contributed by atoms with Gasteiger partial charge in [-0.1, -0.05) is 30.7 Å². The average molecular weight is 379 g/mol. The molecule has 0 amide bonds. The first-order chi connectivity index (χ1) is 11.9. The first-order valence-electron chi connectivity index (χ1n) is 8.54. The molecule has 3 rings (SSSR count). The quantitative estimate of drug-likeness (QED) is 0.840. The number of sulfonamides is 1. The maximum Gasteiger partial charge on any atom is 0.243 e. The van der Waals surface area contributed by atoms with E-state index in [2.05, 4.69) is 12.2 Å². The van der Waals surface area contributed by atoms with Gasteiger partial charge in [0.2, 0.25) is 10.0 Å². The number of halogens is 1. The number of hydrogen-bond acceptors (Lipinski definition) is 3. The van der Waals surface area contributed by atoms with Crippen molar-refractivity contribution in [3.8, 4) is 0 Å². The second kappa shape index (κ2) is 7.77. The van der Waals surface area contributed by atoms with Crippen molar-refractivity contribution in [1.82, 2.24) is 4.31 Å². The zero-order chi connectivity index (χ0) is 17.9. The third-order valence-corrected chi connectivity index (χ3v) is 6.81. The number of hydrogen-bond donors (Lipinski definition) is 1. The Morgan fingerprint density at radius 2 is 1.64 bits per heavy atom. The van der Waals surface area contributed by atoms with Crippen LogP contribution in [0.15, 0.2) is 53.4 Å². The highest BCUT2D eigenvalue weighted by Crippen LogP contribution is 2.24. The van der Waals surface area contributed by atoms with Crippen LogP contribution >= 0.6 is 11.6 Å². The molecule has 1 aliphatic heterocycles. The fraction of sp³-hybridized carbons (Fsp3) is 0.368. The molecular formula is C19H23ClN2O2S. The van der Waals surface area contributed by atoms with Crippen molar-refractivity contribution >= 4 is 27.3 Å². The topological polar surface area (TPSA) is 49.4 Å². The van der Waals surface area contributed by atoms with Crippen LogP contribution in [0.25, 0.3) is 0 Å². The predicted octanol–water partition coefficient (Wildman–Crippen LogP) is 4.37. The summed E-state index contributed by atoms with van der Waals surface area (Å²) in [5, 5.41) is 4.01. The van der Waals surface area contributed by atoms with Crippen molar-refractivity contribution < 1.29 is 8.42 Å². The third-order valence-electron chi connectivity index (χ3n) is 4.64. The van der Waals surface area contributed by atoms with Crippen LogP contribution in [-0.4, -0.2) is 25.8 Å². The molecule has 0 radical (unpaired) electrons. The summed E-state index contributed by atoms with van der Waals surface area (Å²) in [5.41, 5.74) is 2.00. The van der Waals surface area contributed by atoms with Gasteiger partial charge in [0.15, 0.2) is 0 Å². The fourth-order valence-electron chi connectivity index (χ4n) is 2.93. The lowest BCUT2D eigenvalue weighted by Crippen LogP contribution is -2.37. The second-order valence-electron chi connectivity index (χ2n) is 6.59. The van der Waals surface area contributed by atoms with Crippen molar-refractivity contribution in [1.29, 1.82) is 0 Å². The molecule has 1 N–H and O–H groups in total. The molecule has 0 atom stereocenters. The molecule has 0 aromatic heterocycles. The number of piperidine rings is 1. The highest BCUT2D eigenvalue weighted by Gasteiger charge is 2.27. The molecule has 0 unspecified atom stereocenters. The Morgan fingerprint density at radius 1 is 1.04 bits per heavy atom. The van der Waals surface area contributed by atoms with E-state index in [9.17, 15) is 8.42 Å². The number of benzene rings is 2. The molecule has 0 aliphatic carbocycles. The summed E-state index contributed by atoms with van der Waals surface area (Å²) in [6.45, 7) is 4.05. The fourth-order valence-corrected chi connectivity index (χ4v) is 4.52. The SMILES string of the molecule is CC1CCN(S(=O)(=O)c2ccc(NCc3ccc(Cl)cc3)cc2)CC1. The van der Waals surface area contributed by atoms with Gasteiger partial charge in [0.25, 0.3) is 0 Å². The van der Waals surface area contributed by atoms with Gasteiger partial charge in [0.05, 0.1) is 4.90 Å². The molecule has 0 bridgehead atoms. The number of nitrogens with zero attached hydrogens (tertiary/aromatic N) is 1. The van der Waals surface area contributed by atoms with Crippen molar-refractivity contribution in [2.75, 3.05) is 18.4 Å². The first kappa shape index (κ1) is 18.2. The number of rotatable bonds is 5. The van der Waals surface area contributed by atoms with Crippen LogP contribution in [0.1, 0.15) is 25.3 Å². The van der Waals surface area contributed by atoms with Crippen LogP contribution in [0.3, 0.4) is 0 Å². The summed E-state index contributed by atoms with van der Waals surface area (Å²) in [5.74, 6) is 0.603. The average Bonchev–Trinajstić information content (AvgIpc) is 2.62. The van der Waals surface area contributed by atoms with Crippen molar-refractivity contribution in [2.24, 2.45) is 5.92 Å². The Morgan fingerprint density at radius 3 is 2.24 bits per heavy atom. The summed E-state index contributed by atoms with van der Waals surface area (Å²) in [4.78, 5) is 0.360. The monoisotopic (exact) mass is 378 g/mol. The summed E-state index contributed by atoms with van der Waals surface area (Å²) in [6.07, 6.45) is 1.86. The summed E-state index contributed by atoms with van der Waals surface area (Å²) in [7, 11) is -3.38. The molecule has 4 nitrogen and oxygen atoms in total. The molecule has 2 aromatic carbocycles. The first-order valence-corrected chi connectivity index (χ1v) is 10.4. The molecule has 1 aliphatic rings. The lowest BCUT2D eigenvalue weighted by molar-refractivity contribution is 0.288. The highest BCUT2D eigenvalue weighted by molar-refractivity contribution is 7.89. The van der Waals surface area contributed by atoms with Crippen LogP contribution in [0, 0.1) is 5.92 Å². The third kappa shape index (κ3) is 4.54. The maximum absolute atomic E-state index is 12.7. The van der Waals surface area contributed by atoms with Gasteiger partial charge in [0, 0.05) is 30.3 Å². The molecular weight excluding hydrogens is 356 g/mol. The van der Waals surface area contributed by atoms with E-state index in [1.165, 1.54) is 0 Å². The number of nitrogens with one attached hydrogen (secondary N) is 1. The predicted molar refractivity (Wildman–Crippen MR) is 102 cm³/mol. The Hall–Kier alpha value is -1.56. The zero-order valence-corrected chi connectivity index (χ0v) is 15.9. The lowest BCUT2D eigenvalue weighted by atomic mass is 10.0. The minimum atomic E-state index is -3.38. The molecule has 134 valence electrons. The highest BCUT2D eigenvalue weighted by atomic mass is 35.5. The van der Waals surface area contributed by atoms with E-state index in [1.54, 1.807) is 16.4 Å². The van der Waals surface area contributed by atoms with Gasteiger partial charge < -0.3 is 5.32 Å². The van der Waals surface area contributed by atoms with Crippen LogP contribution in [0.2, 0.25) is 5.02 Å². The lowest BCUT2D eigenvalue weighted by Gasteiger charge is -2.29. The Labute approximate surface area is 154 Å². The van der Waals surface area contributed by atoms with Gasteiger partial charge >= 0.3 is 0 Å². The van der Waals surface area contributed by atoms with E-state index in [0.717, 1.165) is 24.1 Å². The van der Waals surface area contributed by atoms with Crippen LogP contribution in [0.5, 0.6) is 0 Å². The van der Waals surface area contributed by atoms with Gasteiger partial charge in [-0.05, 0) is 60.7 Å². The van der Waals surface area contributed by atoms with E-state index in [1.807, 2.05) is 36.4 Å². The molecule has 2 aromatic rings. The zero-order valence-electron chi connectivity index (χ0n) is 14.3.